The molecule has 5 rings (SSSR count). The predicted molar refractivity (Wildman–Crippen MR) is 112 cm³/mol. The van der Waals surface area contributed by atoms with Gasteiger partial charge in [-0.2, -0.15) is 5.26 Å². The number of hydrogen-bond donors (Lipinski definition) is 2. The van der Waals surface area contributed by atoms with Crippen LogP contribution in [0.5, 0.6) is 0 Å². The Hall–Kier alpha value is -3.27. The number of hydrogen-bond acceptors (Lipinski definition) is 5. The van der Waals surface area contributed by atoms with Crippen LogP contribution < -0.4 is 0 Å². The molecular weight excluding hydrogens is 362 g/mol. The number of piperidine rings is 1. The van der Waals surface area contributed by atoms with Gasteiger partial charge in [0.05, 0.1) is 17.8 Å². The number of aliphatic hydroxyl groups excluding tert-OH is 1. The minimum absolute atomic E-state index is 0.200. The molecule has 4 heterocycles. The maximum Gasteiger partial charge on any atom is 0.141 e. The summed E-state index contributed by atoms with van der Waals surface area (Å²) in [6.45, 7) is 2.66. The van der Waals surface area contributed by atoms with Crippen molar-refractivity contribution in [3.05, 3.63) is 60.0 Å². The molecule has 1 atom stereocenters. The van der Waals surface area contributed by atoms with Crippen LogP contribution in [-0.4, -0.2) is 44.2 Å². The standard InChI is InChI=1S/C23H21N5O/c24-10-18-9-20-21-8-17(11-26-23(21)27-22(20)12-25-18)16-5-3-15(4-6-16)13-28-7-1-2-19(29)14-28/h3-6,8-9,11-12,19,29H,1-2,7,13-14H2,(H,26,27)/t19-/m0/s1. The number of nitrogens with zero attached hydrogens (tertiary/aromatic N) is 4. The average Bonchev–Trinajstić information content (AvgIpc) is 3.11. The lowest BCUT2D eigenvalue weighted by atomic mass is 10.0. The Labute approximate surface area is 168 Å². The molecule has 1 aliphatic heterocycles. The number of pyridine rings is 2. The molecule has 1 aliphatic rings. The first-order valence-electron chi connectivity index (χ1n) is 9.87. The summed E-state index contributed by atoms with van der Waals surface area (Å²) < 4.78 is 0. The van der Waals surface area contributed by atoms with Crippen molar-refractivity contribution in [2.75, 3.05) is 13.1 Å². The topological polar surface area (TPSA) is 88.8 Å². The normalized spacial score (nSPS) is 17.6. The summed E-state index contributed by atoms with van der Waals surface area (Å²) in [5, 5.41) is 20.9. The summed E-state index contributed by atoms with van der Waals surface area (Å²) in [4.78, 5) is 14.3. The van der Waals surface area contributed by atoms with E-state index in [1.54, 1.807) is 12.3 Å². The van der Waals surface area contributed by atoms with Crippen molar-refractivity contribution in [2.24, 2.45) is 0 Å². The third-order valence-electron chi connectivity index (χ3n) is 5.62. The van der Waals surface area contributed by atoms with Crippen molar-refractivity contribution < 1.29 is 5.11 Å². The van der Waals surface area contributed by atoms with Gasteiger partial charge < -0.3 is 10.1 Å². The summed E-state index contributed by atoms with van der Waals surface area (Å²) in [6.07, 6.45) is 5.31. The van der Waals surface area contributed by atoms with Crippen molar-refractivity contribution in [2.45, 2.75) is 25.5 Å². The second-order valence-corrected chi connectivity index (χ2v) is 7.70. The second kappa shape index (κ2) is 7.28. The number of benzene rings is 1. The Morgan fingerprint density at radius 1 is 1.10 bits per heavy atom. The smallest absolute Gasteiger partial charge is 0.141 e. The van der Waals surface area contributed by atoms with Gasteiger partial charge in [0.1, 0.15) is 17.4 Å². The predicted octanol–water partition coefficient (Wildman–Crippen LogP) is 3.61. The van der Waals surface area contributed by atoms with Crippen molar-refractivity contribution in [3.63, 3.8) is 0 Å². The third-order valence-corrected chi connectivity index (χ3v) is 5.62. The number of nitriles is 1. The first-order chi connectivity index (χ1) is 14.2. The van der Waals surface area contributed by atoms with E-state index < -0.39 is 0 Å². The molecule has 0 amide bonds. The van der Waals surface area contributed by atoms with Gasteiger partial charge in [0.25, 0.3) is 0 Å². The first kappa shape index (κ1) is 17.8. The third kappa shape index (κ3) is 3.46. The molecular formula is C23H21N5O. The Bertz CT molecular complexity index is 1220. The molecule has 0 radical (unpaired) electrons. The molecule has 1 saturated heterocycles. The lowest BCUT2D eigenvalue weighted by molar-refractivity contribution is 0.0668. The second-order valence-electron chi connectivity index (χ2n) is 7.70. The van der Waals surface area contributed by atoms with Gasteiger partial charge in [-0.1, -0.05) is 24.3 Å². The van der Waals surface area contributed by atoms with Crippen LogP contribution in [0.3, 0.4) is 0 Å². The van der Waals surface area contributed by atoms with Crippen molar-refractivity contribution in [3.8, 4) is 17.2 Å². The highest BCUT2D eigenvalue weighted by Crippen LogP contribution is 2.29. The molecule has 0 bridgehead atoms. The highest BCUT2D eigenvalue weighted by Gasteiger charge is 2.17. The Morgan fingerprint density at radius 3 is 2.76 bits per heavy atom. The number of aromatic amines is 1. The van der Waals surface area contributed by atoms with Gasteiger partial charge in [-0.25, -0.2) is 9.97 Å². The number of H-pyrrole nitrogens is 1. The molecule has 0 unspecified atom stereocenters. The highest BCUT2D eigenvalue weighted by molar-refractivity contribution is 6.06. The molecule has 1 aromatic carbocycles. The number of aromatic nitrogens is 3. The van der Waals surface area contributed by atoms with Crippen LogP contribution in [-0.2, 0) is 6.54 Å². The molecule has 6 heteroatoms. The van der Waals surface area contributed by atoms with E-state index in [9.17, 15) is 5.11 Å². The molecule has 4 aromatic rings. The molecule has 6 nitrogen and oxygen atoms in total. The molecule has 3 aromatic heterocycles. The van der Waals surface area contributed by atoms with Gasteiger partial charge in [-0.15, -0.1) is 0 Å². The van der Waals surface area contributed by atoms with Gasteiger partial charge in [-0.05, 0) is 42.6 Å². The SMILES string of the molecule is N#Cc1cc2c(cn1)[nH]c1ncc(-c3ccc(CN4CCC[C@H](O)C4)cc3)cc12. The summed E-state index contributed by atoms with van der Waals surface area (Å²) in [5.74, 6) is 0. The van der Waals surface area contributed by atoms with Crippen LogP contribution in [0.1, 0.15) is 24.1 Å². The van der Waals surface area contributed by atoms with Crippen LogP contribution in [0.15, 0.2) is 48.8 Å². The highest BCUT2D eigenvalue weighted by atomic mass is 16.3. The quantitative estimate of drug-likeness (QED) is 0.564. The molecule has 1 fully saturated rings. The van der Waals surface area contributed by atoms with Gasteiger partial charge in [0, 0.05) is 35.6 Å². The lowest BCUT2D eigenvalue weighted by Gasteiger charge is -2.29. The van der Waals surface area contributed by atoms with Crippen molar-refractivity contribution >= 4 is 21.9 Å². The summed E-state index contributed by atoms with van der Waals surface area (Å²) in [7, 11) is 0. The minimum Gasteiger partial charge on any atom is -0.392 e. The van der Waals surface area contributed by atoms with Crippen molar-refractivity contribution in [1.82, 2.24) is 19.9 Å². The number of fused-ring (bicyclic) bond motifs is 3. The first-order valence-corrected chi connectivity index (χ1v) is 9.87. The number of β-amino-alcohol motifs (C(OH)–C–C–N with tert-alkyl or cyclic N) is 1. The zero-order chi connectivity index (χ0) is 19.8. The molecule has 0 saturated carbocycles. The van der Waals surface area contributed by atoms with E-state index >= 15 is 0 Å². The Morgan fingerprint density at radius 2 is 1.97 bits per heavy atom. The molecule has 0 aliphatic carbocycles. The Balaban J connectivity index is 1.44. The molecule has 2 N–H and O–H groups in total. The van der Waals surface area contributed by atoms with E-state index in [1.165, 1.54) is 5.56 Å². The fourth-order valence-electron chi connectivity index (χ4n) is 4.13. The molecule has 0 spiro atoms. The van der Waals surface area contributed by atoms with E-state index in [0.29, 0.717) is 5.69 Å². The van der Waals surface area contributed by atoms with Crippen LogP contribution in [0, 0.1) is 11.3 Å². The van der Waals surface area contributed by atoms with Crippen LogP contribution in [0.4, 0.5) is 0 Å². The average molecular weight is 383 g/mol. The van der Waals surface area contributed by atoms with E-state index in [1.807, 2.05) is 6.20 Å². The molecule has 144 valence electrons. The summed E-state index contributed by atoms with van der Waals surface area (Å²) in [5.41, 5.74) is 5.45. The van der Waals surface area contributed by atoms with Crippen LogP contribution in [0.25, 0.3) is 33.1 Å². The van der Waals surface area contributed by atoms with Gasteiger partial charge in [0.2, 0.25) is 0 Å². The number of nitrogens with one attached hydrogen (secondary N) is 1. The van der Waals surface area contributed by atoms with E-state index in [2.05, 4.69) is 56.3 Å². The Kier molecular flexibility index (Phi) is 4.47. The zero-order valence-corrected chi connectivity index (χ0v) is 16.0. The fourth-order valence-corrected chi connectivity index (χ4v) is 4.13. The number of likely N-dealkylation sites (tertiary alicyclic amines) is 1. The van der Waals surface area contributed by atoms with Crippen LogP contribution in [0.2, 0.25) is 0 Å². The maximum atomic E-state index is 9.85. The zero-order valence-electron chi connectivity index (χ0n) is 16.0. The van der Waals surface area contributed by atoms with Gasteiger partial charge in [0.15, 0.2) is 0 Å². The fraction of sp³-hybridized carbons (Fsp3) is 0.261. The van der Waals surface area contributed by atoms with E-state index in [4.69, 9.17) is 5.26 Å². The lowest BCUT2D eigenvalue weighted by Crippen LogP contribution is -2.37. The number of rotatable bonds is 3. The summed E-state index contributed by atoms with van der Waals surface area (Å²) in [6, 6.07) is 14.5. The number of aliphatic hydroxyl groups is 1. The minimum atomic E-state index is -0.200. The molecule has 29 heavy (non-hydrogen) atoms. The summed E-state index contributed by atoms with van der Waals surface area (Å²) >= 11 is 0. The maximum absolute atomic E-state index is 9.85. The monoisotopic (exact) mass is 383 g/mol. The van der Waals surface area contributed by atoms with Gasteiger partial charge in [-0.3, -0.25) is 4.90 Å². The van der Waals surface area contributed by atoms with E-state index in [0.717, 1.165) is 65.5 Å². The van der Waals surface area contributed by atoms with Crippen LogP contribution >= 0.6 is 0 Å². The van der Waals surface area contributed by atoms with Gasteiger partial charge >= 0.3 is 0 Å². The van der Waals surface area contributed by atoms with Crippen molar-refractivity contribution in [1.29, 1.82) is 5.26 Å². The van der Waals surface area contributed by atoms with E-state index in [-0.39, 0.29) is 6.10 Å². The largest absolute Gasteiger partial charge is 0.392 e.